The number of rotatable bonds is 7. The summed E-state index contributed by atoms with van der Waals surface area (Å²) in [4.78, 5) is 29.5. The summed E-state index contributed by atoms with van der Waals surface area (Å²) in [5.41, 5.74) is 2.79. The number of nitrogens with one attached hydrogen (secondary N) is 1. The lowest BCUT2D eigenvalue weighted by molar-refractivity contribution is -0.132. The maximum Gasteiger partial charge on any atom is 0.224 e. The summed E-state index contributed by atoms with van der Waals surface area (Å²) in [5, 5.41) is 3.08. The number of nitrogens with zero attached hydrogens (tertiary/aromatic N) is 2. The number of carbonyl (C=O) groups is 2. The lowest BCUT2D eigenvalue weighted by Crippen LogP contribution is -2.46. The second kappa shape index (κ2) is 9.29. The molecule has 2 fully saturated rings. The van der Waals surface area contributed by atoms with Crippen LogP contribution in [0.4, 0.5) is 0 Å². The van der Waals surface area contributed by atoms with E-state index >= 15 is 0 Å². The summed E-state index contributed by atoms with van der Waals surface area (Å²) in [6, 6.07) is 9.32. The third-order valence-corrected chi connectivity index (χ3v) is 6.98. The zero-order valence-electron chi connectivity index (χ0n) is 17.7. The van der Waals surface area contributed by atoms with Gasteiger partial charge in [-0.15, -0.1) is 0 Å². The first-order valence-electron chi connectivity index (χ1n) is 11.5. The Labute approximate surface area is 174 Å². The topological polar surface area (TPSA) is 52.7 Å². The van der Waals surface area contributed by atoms with Gasteiger partial charge in [0.15, 0.2) is 0 Å². The predicted octanol–water partition coefficient (Wildman–Crippen LogP) is 2.77. The van der Waals surface area contributed by atoms with Gasteiger partial charge >= 0.3 is 0 Å². The molecule has 0 unspecified atom stereocenters. The molecule has 2 heterocycles. The van der Waals surface area contributed by atoms with E-state index in [1.165, 1.54) is 24.0 Å². The number of fused-ring (bicyclic) bond motifs is 1. The van der Waals surface area contributed by atoms with E-state index < -0.39 is 0 Å². The van der Waals surface area contributed by atoms with Crippen LogP contribution in [0.5, 0.6) is 0 Å². The Hall–Kier alpha value is -1.88. The molecule has 1 saturated heterocycles. The number of likely N-dealkylation sites (tertiary alicyclic amines) is 1. The summed E-state index contributed by atoms with van der Waals surface area (Å²) in [6.07, 6.45) is 7.87. The Bertz CT molecular complexity index is 704. The fourth-order valence-corrected chi connectivity index (χ4v) is 4.95. The van der Waals surface area contributed by atoms with Crippen molar-refractivity contribution in [2.24, 2.45) is 5.92 Å². The predicted molar refractivity (Wildman–Crippen MR) is 115 cm³/mol. The SMILES string of the molecule is CCC(=O)NC[C@@H]1CC[C@H](CC(=O)N2CCc3ccccc3CC2)N1CC1CC1. The number of carbonyl (C=O) groups excluding carboxylic acids is 2. The molecule has 4 rings (SSSR count). The van der Waals surface area contributed by atoms with Crippen LogP contribution in [0.15, 0.2) is 24.3 Å². The molecule has 5 nitrogen and oxygen atoms in total. The van der Waals surface area contributed by atoms with Crippen LogP contribution < -0.4 is 5.32 Å². The minimum Gasteiger partial charge on any atom is -0.355 e. The molecule has 158 valence electrons. The molecule has 0 spiro atoms. The standard InChI is InChI=1S/C24H35N3O2/c1-2-23(28)25-16-22-10-9-21(27(22)17-18-7-8-18)15-24(29)26-13-11-19-5-3-4-6-20(19)12-14-26/h3-6,18,21-22H,2,7-17H2,1H3,(H,25,28)/t21-,22+/m1/s1. The lowest BCUT2D eigenvalue weighted by atomic mass is 10.0. The highest BCUT2D eigenvalue weighted by atomic mass is 16.2. The van der Waals surface area contributed by atoms with Crippen LogP contribution in [0, 0.1) is 5.92 Å². The molecular weight excluding hydrogens is 362 g/mol. The van der Waals surface area contributed by atoms with E-state index in [4.69, 9.17) is 0 Å². The van der Waals surface area contributed by atoms with Crippen LogP contribution in [0.25, 0.3) is 0 Å². The molecule has 2 amide bonds. The molecule has 1 saturated carbocycles. The fraction of sp³-hybridized carbons (Fsp3) is 0.667. The van der Waals surface area contributed by atoms with Gasteiger partial charge in [-0.2, -0.15) is 0 Å². The Morgan fingerprint density at radius 2 is 1.66 bits per heavy atom. The molecule has 1 aliphatic carbocycles. The maximum absolute atomic E-state index is 13.2. The molecule has 1 N–H and O–H groups in total. The number of benzene rings is 1. The van der Waals surface area contributed by atoms with Crippen LogP contribution in [-0.4, -0.2) is 59.9 Å². The average molecular weight is 398 g/mol. The molecule has 1 aromatic rings. The zero-order chi connectivity index (χ0) is 20.2. The van der Waals surface area contributed by atoms with E-state index in [0.717, 1.165) is 57.8 Å². The summed E-state index contributed by atoms with van der Waals surface area (Å²) >= 11 is 0. The van der Waals surface area contributed by atoms with Crippen molar-refractivity contribution in [3.63, 3.8) is 0 Å². The minimum atomic E-state index is 0.125. The van der Waals surface area contributed by atoms with Gasteiger partial charge in [-0.25, -0.2) is 0 Å². The first-order chi connectivity index (χ1) is 14.1. The quantitative estimate of drug-likeness (QED) is 0.770. The van der Waals surface area contributed by atoms with Crippen molar-refractivity contribution in [1.29, 1.82) is 0 Å². The van der Waals surface area contributed by atoms with Gasteiger partial charge in [0.1, 0.15) is 0 Å². The number of amides is 2. The molecule has 5 heteroatoms. The van der Waals surface area contributed by atoms with E-state index in [0.29, 0.717) is 30.8 Å². The normalized spacial score (nSPS) is 24.8. The van der Waals surface area contributed by atoms with Gasteiger partial charge in [-0.1, -0.05) is 31.2 Å². The number of hydrogen-bond donors (Lipinski definition) is 1. The highest BCUT2D eigenvalue weighted by Gasteiger charge is 2.38. The van der Waals surface area contributed by atoms with Gasteiger partial charge in [0.25, 0.3) is 0 Å². The fourth-order valence-electron chi connectivity index (χ4n) is 4.95. The van der Waals surface area contributed by atoms with Crippen molar-refractivity contribution in [2.75, 3.05) is 26.2 Å². The van der Waals surface area contributed by atoms with Gasteiger partial charge in [0.05, 0.1) is 0 Å². The summed E-state index contributed by atoms with van der Waals surface area (Å²) in [7, 11) is 0. The van der Waals surface area contributed by atoms with Crippen molar-refractivity contribution in [3.05, 3.63) is 35.4 Å². The highest BCUT2D eigenvalue weighted by Crippen LogP contribution is 2.35. The molecular formula is C24H35N3O2. The molecule has 3 aliphatic rings. The second-order valence-corrected chi connectivity index (χ2v) is 9.04. The molecule has 0 aromatic heterocycles. The first kappa shape index (κ1) is 20.4. The largest absolute Gasteiger partial charge is 0.355 e. The average Bonchev–Trinajstić information content (AvgIpc) is 3.51. The van der Waals surface area contributed by atoms with Crippen LogP contribution >= 0.6 is 0 Å². The van der Waals surface area contributed by atoms with Gasteiger partial charge in [-0.3, -0.25) is 14.5 Å². The van der Waals surface area contributed by atoms with E-state index in [1.54, 1.807) is 0 Å². The summed E-state index contributed by atoms with van der Waals surface area (Å²) in [5.74, 6) is 1.23. The highest BCUT2D eigenvalue weighted by molar-refractivity contribution is 5.77. The van der Waals surface area contributed by atoms with Crippen molar-refractivity contribution in [2.45, 2.75) is 70.4 Å². The molecule has 29 heavy (non-hydrogen) atoms. The van der Waals surface area contributed by atoms with Crippen LogP contribution in [0.2, 0.25) is 0 Å². The van der Waals surface area contributed by atoms with Gasteiger partial charge in [0, 0.05) is 51.1 Å². The van der Waals surface area contributed by atoms with Crippen LogP contribution in [0.1, 0.15) is 56.6 Å². The third kappa shape index (κ3) is 5.19. The third-order valence-electron chi connectivity index (χ3n) is 6.98. The van der Waals surface area contributed by atoms with Crippen molar-refractivity contribution < 1.29 is 9.59 Å². The van der Waals surface area contributed by atoms with E-state index in [-0.39, 0.29) is 5.91 Å². The Kier molecular flexibility index (Phi) is 6.53. The summed E-state index contributed by atoms with van der Waals surface area (Å²) < 4.78 is 0. The van der Waals surface area contributed by atoms with E-state index in [1.807, 2.05) is 6.92 Å². The number of hydrogen-bond acceptors (Lipinski definition) is 3. The lowest BCUT2D eigenvalue weighted by Gasteiger charge is -2.31. The van der Waals surface area contributed by atoms with E-state index in [2.05, 4.69) is 39.4 Å². The Morgan fingerprint density at radius 1 is 1.00 bits per heavy atom. The Morgan fingerprint density at radius 3 is 2.28 bits per heavy atom. The summed E-state index contributed by atoms with van der Waals surface area (Å²) in [6.45, 7) is 5.38. The minimum absolute atomic E-state index is 0.125. The van der Waals surface area contributed by atoms with Gasteiger partial charge in [-0.05, 0) is 55.6 Å². The molecule has 2 aliphatic heterocycles. The zero-order valence-corrected chi connectivity index (χ0v) is 17.7. The smallest absolute Gasteiger partial charge is 0.224 e. The van der Waals surface area contributed by atoms with Crippen LogP contribution in [-0.2, 0) is 22.4 Å². The monoisotopic (exact) mass is 397 g/mol. The Balaban J connectivity index is 1.34. The molecule has 1 aromatic carbocycles. The molecule has 2 atom stereocenters. The molecule has 0 radical (unpaired) electrons. The van der Waals surface area contributed by atoms with Crippen molar-refractivity contribution in [3.8, 4) is 0 Å². The maximum atomic E-state index is 13.2. The van der Waals surface area contributed by atoms with Crippen molar-refractivity contribution >= 4 is 11.8 Å². The van der Waals surface area contributed by atoms with Gasteiger partial charge < -0.3 is 10.2 Å². The molecule has 0 bridgehead atoms. The van der Waals surface area contributed by atoms with Crippen molar-refractivity contribution in [1.82, 2.24) is 15.1 Å². The second-order valence-electron chi connectivity index (χ2n) is 9.04. The van der Waals surface area contributed by atoms with Gasteiger partial charge in [0.2, 0.25) is 11.8 Å². The van der Waals surface area contributed by atoms with Crippen LogP contribution in [0.3, 0.4) is 0 Å². The van der Waals surface area contributed by atoms with E-state index in [9.17, 15) is 9.59 Å². The first-order valence-corrected chi connectivity index (χ1v) is 11.5.